The van der Waals surface area contributed by atoms with Gasteiger partial charge in [0.2, 0.25) is 0 Å². The molecule has 0 radical (unpaired) electrons. The Morgan fingerprint density at radius 1 is 1.35 bits per heavy atom. The van der Waals surface area contributed by atoms with Crippen LogP contribution in [0, 0.1) is 5.92 Å². The molecule has 1 aliphatic carbocycles. The van der Waals surface area contributed by atoms with Crippen LogP contribution in [-0.2, 0) is 4.79 Å². The Bertz CT molecular complexity index is 426. The zero-order chi connectivity index (χ0) is 12.3. The van der Waals surface area contributed by atoms with Crippen LogP contribution in [0.4, 0.5) is 0 Å². The molecule has 17 heavy (non-hydrogen) atoms. The minimum absolute atomic E-state index is 0.170. The summed E-state index contributed by atoms with van der Waals surface area (Å²) < 4.78 is 1.08. The fourth-order valence-electron chi connectivity index (χ4n) is 2.02. The molecule has 0 bridgehead atoms. The maximum absolute atomic E-state index is 11.5. The van der Waals surface area contributed by atoms with Crippen LogP contribution in [0.25, 0.3) is 0 Å². The summed E-state index contributed by atoms with van der Waals surface area (Å²) in [7, 11) is 0. The van der Waals surface area contributed by atoms with Crippen LogP contribution in [0.5, 0.6) is 0 Å². The molecule has 0 N–H and O–H groups in total. The molecule has 3 heteroatoms. The van der Waals surface area contributed by atoms with Gasteiger partial charge in [0.1, 0.15) is 0 Å². The average Bonchev–Trinajstić information content (AvgIpc) is 2.35. The predicted octanol–water partition coefficient (Wildman–Crippen LogP) is 3.01. The van der Waals surface area contributed by atoms with Crippen molar-refractivity contribution in [1.29, 1.82) is 0 Å². The van der Waals surface area contributed by atoms with E-state index in [-0.39, 0.29) is 19.3 Å². The van der Waals surface area contributed by atoms with E-state index in [1.54, 1.807) is 0 Å². The Kier molecular flexibility index (Phi) is 4.08. The second-order valence-electron chi connectivity index (χ2n) is 4.44. The van der Waals surface area contributed by atoms with E-state index in [2.05, 4.69) is 19.1 Å². The SMILES string of the molecule is C[C@H]1CC=CC[C@@]1(C=O)[Se]c1ccc(Cl)cc1. The molecule has 1 nitrogen and oxygen atoms in total. The Balaban J connectivity index is 2.22. The van der Waals surface area contributed by atoms with E-state index in [1.165, 1.54) is 10.7 Å². The molecular weight excluding hydrogens is 299 g/mol. The summed E-state index contributed by atoms with van der Waals surface area (Å²) in [5.74, 6) is 0.431. The third-order valence-corrected chi connectivity index (χ3v) is 6.76. The third-order valence-electron chi connectivity index (χ3n) is 3.25. The first-order valence-corrected chi connectivity index (χ1v) is 7.81. The predicted molar refractivity (Wildman–Crippen MR) is 73.1 cm³/mol. The Morgan fingerprint density at radius 2 is 2.06 bits per heavy atom. The number of allylic oxidation sites excluding steroid dienone is 2. The van der Waals surface area contributed by atoms with Gasteiger partial charge in [-0.15, -0.1) is 0 Å². The van der Waals surface area contributed by atoms with E-state index < -0.39 is 0 Å². The van der Waals surface area contributed by atoms with E-state index in [1.807, 2.05) is 24.3 Å². The number of hydrogen-bond donors (Lipinski definition) is 0. The van der Waals surface area contributed by atoms with Crippen molar-refractivity contribution in [3.05, 3.63) is 41.4 Å². The molecule has 0 unspecified atom stereocenters. The van der Waals surface area contributed by atoms with Gasteiger partial charge >= 0.3 is 114 Å². The number of carbonyl (C=O) groups is 1. The molecule has 90 valence electrons. The molecule has 1 aromatic rings. The number of aldehydes is 1. The van der Waals surface area contributed by atoms with Gasteiger partial charge in [-0.2, -0.15) is 0 Å². The molecule has 0 aliphatic heterocycles. The van der Waals surface area contributed by atoms with Crippen LogP contribution in [0.3, 0.4) is 0 Å². The normalized spacial score (nSPS) is 28.0. The van der Waals surface area contributed by atoms with Gasteiger partial charge in [-0.25, -0.2) is 0 Å². The minimum atomic E-state index is -0.171. The van der Waals surface area contributed by atoms with Crippen LogP contribution in [0.15, 0.2) is 36.4 Å². The van der Waals surface area contributed by atoms with E-state index in [0.29, 0.717) is 5.92 Å². The van der Waals surface area contributed by atoms with Crippen LogP contribution in [-0.4, -0.2) is 21.2 Å². The molecular formula is C14H15ClOSe. The summed E-state index contributed by atoms with van der Waals surface area (Å²) >= 11 is 6.05. The molecule has 2 rings (SSSR count). The van der Waals surface area contributed by atoms with Gasteiger partial charge < -0.3 is 0 Å². The number of carbonyl (C=O) groups excluding carboxylic acids is 1. The van der Waals surface area contributed by atoms with Gasteiger partial charge in [-0.05, 0) is 0 Å². The van der Waals surface area contributed by atoms with E-state index >= 15 is 0 Å². The van der Waals surface area contributed by atoms with E-state index in [9.17, 15) is 4.79 Å². The third kappa shape index (κ3) is 2.82. The van der Waals surface area contributed by atoms with Crippen molar-refractivity contribution in [2.24, 2.45) is 5.92 Å². The second kappa shape index (κ2) is 5.39. The quantitative estimate of drug-likeness (QED) is 0.476. The number of halogens is 1. The zero-order valence-corrected chi connectivity index (χ0v) is 12.2. The molecule has 0 heterocycles. The van der Waals surface area contributed by atoms with Crippen molar-refractivity contribution in [2.75, 3.05) is 0 Å². The molecule has 0 fully saturated rings. The summed E-state index contributed by atoms with van der Waals surface area (Å²) in [6, 6.07) is 7.89. The molecule has 0 saturated heterocycles. The summed E-state index contributed by atoms with van der Waals surface area (Å²) in [5, 5.41) is 0.751. The van der Waals surface area contributed by atoms with Crippen LogP contribution in [0.2, 0.25) is 9.34 Å². The van der Waals surface area contributed by atoms with Gasteiger partial charge in [-0.1, -0.05) is 0 Å². The van der Waals surface area contributed by atoms with Gasteiger partial charge in [0, 0.05) is 0 Å². The molecule has 0 aromatic heterocycles. The fourth-order valence-corrected chi connectivity index (χ4v) is 4.74. The topological polar surface area (TPSA) is 17.1 Å². The summed E-state index contributed by atoms with van der Waals surface area (Å²) in [6.07, 6.45) is 7.39. The Labute approximate surface area is 113 Å². The first-order valence-electron chi connectivity index (χ1n) is 5.72. The van der Waals surface area contributed by atoms with Crippen molar-refractivity contribution in [3.63, 3.8) is 0 Å². The standard InChI is InChI=1S/C14H15ClOSe/c1-11-4-2-3-9-14(11,10-16)17-13-7-5-12(15)6-8-13/h2-3,5-8,10-11H,4,9H2,1H3/t11-,14-/m0/s1. The molecule has 1 aliphatic rings. The zero-order valence-electron chi connectivity index (χ0n) is 9.73. The molecule has 2 atom stereocenters. The van der Waals surface area contributed by atoms with Crippen molar-refractivity contribution >= 4 is 37.3 Å². The number of benzene rings is 1. The van der Waals surface area contributed by atoms with Crippen molar-refractivity contribution in [2.45, 2.75) is 24.1 Å². The molecule has 0 amide bonds. The fraction of sp³-hybridized carbons (Fsp3) is 0.357. The Morgan fingerprint density at radius 3 is 2.65 bits per heavy atom. The van der Waals surface area contributed by atoms with Crippen molar-refractivity contribution < 1.29 is 4.79 Å². The van der Waals surface area contributed by atoms with Crippen LogP contribution >= 0.6 is 11.6 Å². The van der Waals surface area contributed by atoms with E-state index in [4.69, 9.17) is 11.6 Å². The Hall–Kier alpha value is -0.561. The molecule has 0 spiro atoms. The molecule has 0 saturated carbocycles. The number of rotatable bonds is 3. The summed E-state index contributed by atoms with van der Waals surface area (Å²) in [5.41, 5.74) is 0. The van der Waals surface area contributed by atoms with Crippen molar-refractivity contribution in [1.82, 2.24) is 0 Å². The van der Waals surface area contributed by atoms with Gasteiger partial charge in [0.05, 0.1) is 0 Å². The van der Waals surface area contributed by atoms with Gasteiger partial charge in [-0.3, -0.25) is 0 Å². The summed E-state index contributed by atoms with van der Waals surface area (Å²) in [4.78, 5) is 11.5. The van der Waals surface area contributed by atoms with Gasteiger partial charge in [0.25, 0.3) is 0 Å². The molecule has 1 aromatic carbocycles. The average molecular weight is 314 g/mol. The number of hydrogen-bond acceptors (Lipinski definition) is 1. The van der Waals surface area contributed by atoms with Crippen LogP contribution in [0.1, 0.15) is 19.8 Å². The summed E-state index contributed by atoms with van der Waals surface area (Å²) in [6.45, 7) is 2.18. The van der Waals surface area contributed by atoms with Gasteiger partial charge in [0.15, 0.2) is 0 Å². The monoisotopic (exact) mass is 314 g/mol. The second-order valence-corrected chi connectivity index (χ2v) is 7.89. The van der Waals surface area contributed by atoms with E-state index in [0.717, 1.165) is 17.9 Å². The first kappa shape index (κ1) is 12.9. The first-order chi connectivity index (χ1) is 8.16. The van der Waals surface area contributed by atoms with Crippen molar-refractivity contribution in [3.8, 4) is 0 Å². The maximum atomic E-state index is 11.5. The van der Waals surface area contributed by atoms with Crippen LogP contribution < -0.4 is 4.46 Å².